The Hall–Kier alpha value is -2.29. The lowest BCUT2D eigenvalue weighted by atomic mass is 10.0. The van der Waals surface area contributed by atoms with Crippen molar-refractivity contribution in [3.8, 4) is 11.5 Å². The molecule has 0 aliphatic rings. The first-order chi connectivity index (χ1) is 10.1. The van der Waals surface area contributed by atoms with Crippen LogP contribution in [0.4, 0.5) is 0 Å². The van der Waals surface area contributed by atoms with Gasteiger partial charge in [-0.25, -0.2) is 0 Å². The highest BCUT2D eigenvalue weighted by atomic mass is 16.5. The fourth-order valence-corrected chi connectivity index (χ4v) is 1.96. The van der Waals surface area contributed by atoms with E-state index in [-0.39, 0.29) is 12.4 Å². The lowest BCUT2D eigenvalue weighted by Crippen LogP contribution is -2.11. The summed E-state index contributed by atoms with van der Waals surface area (Å²) in [5.41, 5.74) is 1.90. The number of hydrogen-bond donors (Lipinski definition) is 0. The van der Waals surface area contributed by atoms with Gasteiger partial charge >= 0.3 is 0 Å². The smallest absolute Gasteiger partial charge is 0.200 e. The minimum Gasteiger partial charge on any atom is -0.497 e. The number of carbonyl (C=O) groups excluding carboxylic acids is 1. The summed E-state index contributed by atoms with van der Waals surface area (Å²) in [6, 6.07) is 14.9. The molecular formula is C18H20O3. The lowest BCUT2D eigenvalue weighted by molar-refractivity contribution is 0.0921. The highest BCUT2D eigenvalue weighted by Gasteiger charge is 2.08. The number of benzene rings is 2. The molecule has 0 aliphatic carbocycles. The Balaban J connectivity index is 1.94. The van der Waals surface area contributed by atoms with Gasteiger partial charge in [-0.15, -0.1) is 0 Å². The summed E-state index contributed by atoms with van der Waals surface area (Å²) in [6.45, 7) is 4.29. The van der Waals surface area contributed by atoms with E-state index >= 15 is 0 Å². The van der Waals surface area contributed by atoms with Crippen molar-refractivity contribution >= 4 is 5.78 Å². The van der Waals surface area contributed by atoms with Crippen molar-refractivity contribution in [1.82, 2.24) is 0 Å². The largest absolute Gasteiger partial charge is 0.497 e. The summed E-state index contributed by atoms with van der Waals surface area (Å²) in [6.07, 6.45) is 0. The highest BCUT2D eigenvalue weighted by Crippen LogP contribution is 2.18. The van der Waals surface area contributed by atoms with Gasteiger partial charge in [0.2, 0.25) is 0 Å². The van der Waals surface area contributed by atoms with E-state index in [1.807, 2.05) is 24.3 Å². The second kappa shape index (κ2) is 6.93. The minimum absolute atomic E-state index is 0.0267. The van der Waals surface area contributed by atoms with Crippen LogP contribution in [0.15, 0.2) is 48.5 Å². The van der Waals surface area contributed by atoms with Crippen molar-refractivity contribution in [1.29, 1.82) is 0 Å². The summed E-state index contributed by atoms with van der Waals surface area (Å²) in [5, 5.41) is 0. The molecule has 2 rings (SSSR count). The zero-order valence-corrected chi connectivity index (χ0v) is 12.6. The van der Waals surface area contributed by atoms with Crippen LogP contribution in [0.2, 0.25) is 0 Å². The molecule has 0 amide bonds. The van der Waals surface area contributed by atoms with E-state index in [1.165, 1.54) is 5.56 Å². The summed E-state index contributed by atoms with van der Waals surface area (Å²) in [5.74, 6) is 1.85. The van der Waals surface area contributed by atoms with E-state index in [4.69, 9.17) is 9.47 Å². The minimum atomic E-state index is -0.0267. The number of Topliss-reactive ketones (excluding diaryl/α,β-unsaturated/α-hetero) is 1. The Morgan fingerprint density at radius 2 is 1.52 bits per heavy atom. The van der Waals surface area contributed by atoms with Crippen LogP contribution in [0.3, 0.4) is 0 Å². The van der Waals surface area contributed by atoms with Crippen molar-refractivity contribution in [2.24, 2.45) is 0 Å². The van der Waals surface area contributed by atoms with Crippen molar-refractivity contribution in [2.45, 2.75) is 19.8 Å². The maximum atomic E-state index is 12.1. The maximum Gasteiger partial charge on any atom is 0.200 e. The van der Waals surface area contributed by atoms with Crippen LogP contribution in [0.5, 0.6) is 11.5 Å². The Labute approximate surface area is 125 Å². The fourth-order valence-electron chi connectivity index (χ4n) is 1.96. The normalized spacial score (nSPS) is 10.5. The molecule has 0 N–H and O–H groups in total. The molecule has 0 unspecified atom stereocenters. The Morgan fingerprint density at radius 3 is 2.05 bits per heavy atom. The van der Waals surface area contributed by atoms with Crippen LogP contribution < -0.4 is 9.47 Å². The molecule has 2 aromatic rings. The molecule has 0 heterocycles. The van der Waals surface area contributed by atoms with E-state index in [9.17, 15) is 4.79 Å². The third kappa shape index (κ3) is 4.09. The van der Waals surface area contributed by atoms with Crippen molar-refractivity contribution in [2.75, 3.05) is 13.7 Å². The summed E-state index contributed by atoms with van der Waals surface area (Å²) in [7, 11) is 1.61. The third-order valence-corrected chi connectivity index (χ3v) is 3.33. The average Bonchev–Trinajstić information content (AvgIpc) is 2.53. The van der Waals surface area contributed by atoms with Gasteiger partial charge in [-0.2, -0.15) is 0 Å². The number of ether oxygens (including phenoxy) is 2. The van der Waals surface area contributed by atoms with E-state index in [0.29, 0.717) is 17.2 Å². The standard InChI is InChI=1S/C18H20O3/c1-13(2)14-4-6-15(7-5-14)18(19)12-21-17-10-8-16(20-3)9-11-17/h4-11,13H,12H2,1-3H3. The fraction of sp³-hybridized carbons (Fsp3) is 0.278. The topological polar surface area (TPSA) is 35.5 Å². The van der Waals surface area contributed by atoms with Gasteiger partial charge in [0.15, 0.2) is 12.4 Å². The van der Waals surface area contributed by atoms with Gasteiger partial charge in [0, 0.05) is 5.56 Å². The van der Waals surface area contributed by atoms with Gasteiger partial charge in [-0.1, -0.05) is 38.1 Å². The summed E-state index contributed by atoms with van der Waals surface area (Å²) in [4.78, 5) is 12.1. The van der Waals surface area contributed by atoms with Gasteiger partial charge in [-0.3, -0.25) is 4.79 Å². The van der Waals surface area contributed by atoms with Crippen LogP contribution in [-0.4, -0.2) is 19.5 Å². The average molecular weight is 284 g/mol. The molecule has 0 fully saturated rings. The quantitative estimate of drug-likeness (QED) is 0.750. The third-order valence-electron chi connectivity index (χ3n) is 3.33. The highest BCUT2D eigenvalue weighted by molar-refractivity contribution is 5.97. The molecule has 0 saturated carbocycles. The monoisotopic (exact) mass is 284 g/mol. The van der Waals surface area contributed by atoms with Crippen LogP contribution >= 0.6 is 0 Å². The Bertz CT molecular complexity index is 583. The number of ketones is 1. The second-order valence-electron chi connectivity index (χ2n) is 5.16. The zero-order chi connectivity index (χ0) is 15.2. The molecule has 110 valence electrons. The molecule has 0 aromatic heterocycles. The summed E-state index contributed by atoms with van der Waals surface area (Å²) < 4.78 is 10.6. The van der Waals surface area contributed by atoms with Crippen LogP contribution in [0.1, 0.15) is 35.7 Å². The molecule has 21 heavy (non-hydrogen) atoms. The molecule has 0 atom stereocenters. The first-order valence-electron chi connectivity index (χ1n) is 7.00. The van der Waals surface area contributed by atoms with E-state index < -0.39 is 0 Å². The lowest BCUT2D eigenvalue weighted by Gasteiger charge is -2.08. The molecule has 0 bridgehead atoms. The maximum absolute atomic E-state index is 12.1. The van der Waals surface area contributed by atoms with Gasteiger partial charge in [-0.05, 0) is 35.7 Å². The number of carbonyl (C=O) groups is 1. The molecule has 2 aromatic carbocycles. The first kappa shape index (κ1) is 15.1. The predicted octanol–water partition coefficient (Wildman–Crippen LogP) is 4.08. The molecule has 0 aliphatic heterocycles. The zero-order valence-electron chi connectivity index (χ0n) is 12.6. The van der Waals surface area contributed by atoms with Crippen molar-refractivity contribution < 1.29 is 14.3 Å². The van der Waals surface area contributed by atoms with Gasteiger partial charge in [0.25, 0.3) is 0 Å². The van der Waals surface area contributed by atoms with Crippen LogP contribution in [0, 0.1) is 0 Å². The van der Waals surface area contributed by atoms with E-state index in [1.54, 1.807) is 31.4 Å². The summed E-state index contributed by atoms with van der Waals surface area (Å²) >= 11 is 0. The Morgan fingerprint density at radius 1 is 0.952 bits per heavy atom. The number of hydrogen-bond acceptors (Lipinski definition) is 3. The van der Waals surface area contributed by atoms with Gasteiger partial charge < -0.3 is 9.47 Å². The molecular weight excluding hydrogens is 264 g/mol. The van der Waals surface area contributed by atoms with Gasteiger partial charge in [0.05, 0.1) is 7.11 Å². The molecule has 3 heteroatoms. The van der Waals surface area contributed by atoms with Crippen molar-refractivity contribution in [3.63, 3.8) is 0 Å². The van der Waals surface area contributed by atoms with Gasteiger partial charge in [0.1, 0.15) is 11.5 Å². The molecule has 0 radical (unpaired) electrons. The first-order valence-corrected chi connectivity index (χ1v) is 7.00. The van der Waals surface area contributed by atoms with E-state index in [2.05, 4.69) is 13.8 Å². The second-order valence-corrected chi connectivity index (χ2v) is 5.16. The van der Waals surface area contributed by atoms with Crippen LogP contribution in [0.25, 0.3) is 0 Å². The molecule has 0 spiro atoms. The number of rotatable bonds is 6. The SMILES string of the molecule is COc1ccc(OCC(=O)c2ccc(C(C)C)cc2)cc1. The molecule has 0 saturated heterocycles. The van der Waals surface area contributed by atoms with Crippen molar-refractivity contribution in [3.05, 3.63) is 59.7 Å². The number of methoxy groups -OCH3 is 1. The van der Waals surface area contributed by atoms with Crippen LogP contribution in [-0.2, 0) is 0 Å². The predicted molar refractivity (Wildman–Crippen MR) is 83.4 cm³/mol. The van der Waals surface area contributed by atoms with E-state index in [0.717, 1.165) is 5.75 Å². The molecule has 3 nitrogen and oxygen atoms in total. The Kier molecular flexibility index (Phi) is 4.99.